The monoisotopic (exact) mass is 268 g/mol. The van der Waals surface area contributed by atoms with E-state index in [1.54, 1.807) is 0 Å². The van der Waals surface area contributed by atoms with Crippen molar-refractivity contribution in [2.75, 3.05) is 12.3 Å². The molecule has 2 N–H and O–H groups in total. The van der Waals surface area contributed by atoms with Crippen LogP contribution in [0.3, 0.4) is 0 Å². The van der Waals surface area contributed by atoms with E-state index >= 15 is 0 Å². The molecule has 0 spiro atoms. The lowest BCUT2D eigenvalue weighted by Gasteiger charge is -2.28. The number of nitrogens with zero attached hydrogens (tertiary/aromatic N) is 1. The predicted molar refractivity (Wildman–Crippen MR) is 86.7 cm³/mol. The second-order valence-corrected chi connectivity index (χ2v) is 5.90. The van der Waals surface area contributed by atoms with Crippen LogP contribution in [0, 0.1) is 0 Å². The molecule has 2 aromatic rings. The Morgan fingerprint density at radius 2 is 1.75 bits per heavy atom. The number of rotatable bonds is 4. The van der Waals surface area contributed by atoms with Crippen LogP contribution in [0.15, 0.2) is 36.4 Å². The molecule has 106 valence electrons. The van der Waals surface area contributed by atoms with Gasteiger partial charge in [-0.15, -0.1) is 0 Å². The lowest BCUT2D eigenvalue weighted by molar-refractivity contribution is 0.200. The topological polar surface area (TPSA) is 29.3 Å². The summed E-state index contributed by atoms with van der Waals surface area (Å²) in [7, 11) is 0. The van der Waals surface area contributed by atoms with Crippen molar-refractivity contribution in [2.24, 2.45) is 0 Å². The van der Waals surface area contributed by atoms with Crippen LogP contribution in [0.25, 0.3) is 10.8 Å². The lowest BCUT2D eigenvalue weighted by atomic mass is 10.0. The molecule has 0 bridgehead atoms. The summed E-state index contributed by atoms with van der Waals surface area (Å²) in [5.41, 5.74) is 8.47. The molecule has 1 saturated carbocycles. The second kappa shape index (κ2) is 5.84. The van der Waals surface area contributed by atoms with Crippen molar-refractivity contribution in [3.63, 3.8) is 0 Å². The van der Waals surface area contributed by atoms with Crippen molar-refractivity contribution < 1.29 is 0 Å². The molecular formula is C18H24N2. The van der Waals surface area contributed by atoms with Gasteiger partial charge in [0.2, 0.25) is 0 Å². The molecule has 0 aromatic heterocycles. The Kier molecular flexibility index (Phi) is 3.93. The van der Waals surface area contributed by atoms with E-state index in [-0.39, 0.29) is 0 Å². The summed E-state index contributed by atoms with van der Waals surface area (Å²) in [5.74, 6) is 0. The average molecular weight is 268 g/mol. The van der Waals surface area contributed by atoms with Crippen LogP contribution in [0.5, 0.6) is 0 Å². The van der Waals surface area contributed by atoms with Gasteiger partial charge in [-0.2, -0.15) is 0 Å². The number of hydrogen-bond acceptors (Lipinski definition) is 2. The molecule has 1 fully saturated rings. The van der Waals surface area contributed by atoms with E-state index in [9.17, 15) is 0 Å². The highest BCUT2D eigenvalue weighted by molar-refractivity contribution is 5.86. The van der Waals surface area contributed by atoms with Crippen molar-refractivity contribution in [1.29, 1.82) is 0 Å². The van der Waals surface area contributed by atoms with Gasteiger partial charge in [-0.05, 0) is 47.9 Å². The van der Waals surface area contributed by atoms with Crippen LogP contribution in [-0.4, -0.2) is 17.5 Å². The minimum atomic E-state index is 0.755. The molecule has 2 heteroatoms. The molecule has 1 aliphatic rings. The van der Waals surface area contributed by atoms with E-state index in [2.05, 4.69) is 48.2 Å². The molecule has 3 rings (SSSR count). The predicted octanol–water partition coefficient (Wildman–Crippen LogP) is 4.19. The molecule has 1 aliphatic carbocycles. The van der Waals surface area contributed by atoms with Crippen LogP contribution in [-0.2, 0) is 6.54 Å². The summed E-state index contributed by atoms with van der Waals surface area (Å²) in [6.45, 7) is 4.35. The highest BCUT2D eigenvalue weighted by Crippen LogP contribution is 2.28. The van der Waals surface area contributed by atoms with Gasteiger partial charge >= 0.3 is 0 Å². The third-order valence-electron chi connectivity index (χ3n) is 4.63. The van der Waals surface area contributed by atoms with Gasteiger partial charge in [-0.25, -0.2) is 0 Å². The quantitative estimate of drug-likeness (QED) is 0.843. The minimum absolute atomic E-state index is 0.755. The van der Waals surface area contributed by atoms with Gasteiger partial charge in [-0.1, -0.05) is 44.0 Å². The number of anilines is 1. The number of fused-ring (bicyclic) bond motifs is 1. The fraction of sp³-hybridized carbons (Fsp3) is 0.444. The third-order valence-corrected chi connectivity index (χ3v) is 4.63. The summed E-state index contributed by atoms with van der Waals surface area (Å²) < 4.78 is 0. The Bertz CT molecular complexity index is 585. The van der Waals surface area contributed by atoms with Crippen molar-refractivity contribution >= 4 is 16.5 Å². The van der Waals surface area contributed by atoms with Gasteiger partial charge in [-0.3, -0.25) is 4.90 Å². The second-order valence-electron chi connectivity index (χ2n) is 5.90. The highest BCUT2D eigenvalue weighted by atomic mass is 15.1. The zero-order chi connectivity index (χ0) is 13.9. The van der Waals surface area contributed by atoms with Gasteiger partial charge in [0.15, 0.2) is 0 Å². The van der Waals surface area contributed by atoms with Gasteiger partial charge < -0.3 is 5.73 Å². The van der Waals surface area contributed by atoms with E-state index < -0.39 is 0 Å². The Balaban J connectivity index is 1.87. The van der Waals surface area contributed by atoms with Crippen molar-refractivity contribution in [3.8, 4) is 0 Å². The minimum Gasteiger partial charge on any atom is -0.398 e. The Hall–Kier alpha value is -1.54. The first-order valence-electron chi connectivity index (χ1n) is 7.79. The fourth-order valence-electron chi connectivity index (χ4n) is 3.43. The van der Waals surface area contributed by atoms with Gasteiger partial charge in [0.1, 0.15) is 0 Å². The van der Waals surface area contributed by atoms with Crippen LogP contribution in [0.2, 0.25) is 0 Å². The van der Waals surface area contributed by atoms with E-state index in [0.29, 0.717) is 0 Å². The number of nitrogens with two attached hydrogens (primary N) is 1. The molecule has 0 saturated heterocycles. The van der Waals surface area contributed by atoms with E-state index in [4.69, 9.17) is 5.73 Å². The van der Waals surface area contributed by atoms with E-state index in [0.717, 1.165) is 24.8 Å². The third kappa shape index (κ3) is 2.66. The standard InChI is InChI=1S/C18H24N2/c1-2-20(17-9-5-6-10-17)13-16-11-14-7-3-4-8-15(14)12-18(16)19/h3-4,7-8,11-12,17H,2,5-6,9-10,13,19H2,1H3. The largest absolute Gasteiger partial charge is 0.398 e. The molecule has 2 aromatic carbocycles. The lowest BCUT2D eigenvalue weighted by Crippen LogP contribution is -2.32. The maximum absolute atomic E-state index is 6.26. The summed E-state index contributed by atoms with van der Waals surface area (Å²) >= 11 is 0. The first-order chi connectivity index (χ1) is 9.78. The molecule has 0 aliphatic heterocycles. The zero-order valence-corrected chi connectivity index (χ0v) is 12.3. The molecule has 0 atom stereocenters. The maximum atomic E-state index is 6.26. The summed E-state index contributed by atoms with van der Waals surface area (Å²) in [6, 6.07) is 13.6. The zero-order valence-electron chi connectivity index (χ0n) is 12.3. The summed E-state index contributed by atoms with van der Waals surface area (Å²) in [5, 5.41) is 2.52. The molecule has 0 radical (unpaired) electrons. The number of hydrogen-bond donors (Lipinski definition) is 1. The molecule has 0 unspecified atom stereocenters. The van der Waals surface area contributed by atoms with E-state index in [1.165, 1.54) is 42.0 Å². The maximum Gasteiger partial charge on any atom is 0.0366 e. The van der Waals surface area contributed by atoms with Crippen LogP contribution in [0.4, 0.5) is 5.69 Å². The molecule has 0 amide bonds. The van der Waals surface area contributed by atoms with Crippen molar-refractivity contribution in [2.45, 2.75) is 45.2 Å². The first kappa shape index (κ1) is 13.4. The Morgan fingerprint density at radius 1 is 1.10 bits per heavy atom. The fourth-order valence-corrected chi connectivity index (χ4v) is 3.43. The SMILES string of the molecule is CCN(Cc1cc2ccccc2cc1N)C1CCCC1. The van der Waals surface area contributed by atoms with Gasteiger partial charge in [0.25, 0.3) is 0 Å². The normalized spacial score (nSPS) is 16.3. The van der Waals surface area contributed by atoms with Crippen LogP contribution < -0.4 is 5.73 Å². The summed E-state index contributed by atoms with van der Waals surface area (Å²) in [4.78, 5) is 2.59. The molecule has 0 heterocycles. The van der Waals surface area contributed by atoms with Crippen LogP contribution in [0.1, 0.15) is 38.2 Å². The summed E-state index contributed by atoms with van der Waals surface area (Å²) in [6.07, 6.45) is 5.46. The Morgan fingerprint density at radius 3 is 2.40 bits per heavy atom. The van der Waals surface area contributed by atoms with Crippen LogP contribution >= 0.6 is 0 Å². The molecule has 20 heavy (non-hydrogen) atoms. The first-order valence-corrected chi connectivity index (χ1v) is 7.79. The van der Waals surface area contributed by atoms with Crippen molar-refractivity contribution in [1.82, 2.24) is 4.90 Å². The van der Waals surface area contributed by atoms with Gasteiger partial charge in [0, 0.05) is 18.3 Å². The smallest absolute Gasteiger partial charge is 0.0366 e. The van der Waals surface area contributed by atoms with Gasteiger partial charge in [0.05, 0.1) is 0 Å². The number of nitrogen functional groups attached to an aromatic ring is 1. The molecular weight excluding hydrogens is 244 g/mol. The average Bonchev–Trinajstić information content (AvgIpc) is 2.99. The highest BCUT2D eigenvalue weighted by Gasteiger charge is 2.21. The van der Waals surface area contributed by atoms with Crippen molar-refractivity contribution in [3.05, 3.63) is 42.0 Å². The number of benzene rings is 2. The molecule has 2 nitrogen and oxygen atoms in total. The van der Waals surface area contributed by atoms with E-state index in [1.807, 2.05) is 0 Å². The Labute approximate surface area is 121 Å².